The largest absolute Gasteiger partial charge is 0.388 e. The third kappa shape index (κ3) is 6.32. The second-order valence-corrected chi connectivity index (χ2v) is 6.44. The first-order valence-corrected chi connectivity index (χ1v) is 8.94. The van der Waals surface area contributed by atoms with E-state index in [1.807, 2.05) is 30.3 Å². The zero-order valence-corrected chi connectivity index (χ0v) is 14.2. The maximum Gasteiger partial charge on any atom is 0.223 e. The van der Waals surface area contributed by atoms with Gasteiger partial charge in [0.05, 0.1) is 6.10 Å². The maximum atomic E-state index is 12.0. The molecule has 1 unspecified atom stereocenters. The Kier molecular flexibility index (Phi) is 7.75. The van der Waals surface area contributed by atoms with Gasteiger partial charge in [0, 0.05) is 25.4 Å². The number of rotatable bonds is 8. The molecule has 0 saturated heterocycles. The van der Waals surface area contributed by atoms with E-state index in [9.17, 15) is 14.7 Å². The van der Waals surface area contributed by atoms with Crippen molar-refractivity contribution in [2.45, 2.75) is 51.0 Å². The third-order valence-corrected chi connectivity index (χ3v) is 4.55. The van der Waals surface area contributed by atoms with Crippen LogP contribution in [0, 0.1) is 5.92 Å². The van der Waals surface area contributed by atoms with E-state index in [0.717, 1.165) is 31.2 Å². The minimum absolute atomic E-state index is 0.0852. The molecule has 5 heteroatoms. The quantitative estimate of drug-likeness (QED) is 0.683. The lowest BCUT2D eigenvalue weighted by Gasteiger charge is -2.20. The van der Waals surface area contributed by atoms with Crippen LogP contribution < -0.4 is 10.6 Å². The summed E-state index contributed by atoms with van der Waals surface area (Å²) in [6.45, 7) is 0.799. The molecule has 5 nitrogen and oxygen atoms in total. The fraction of sp³-hybridized carbons (Fsp3) is 0.579. The first kappa shape index (κ1) is 18.5. The van der Waals surface area contributed by atoms with Crippen molar-refractivity contribution >= 4 is 11.8 Å². The van der Waals surface area contributed by atoms with E-state index >= 15 is 0 Å². The van der Waals surface area contributed by atoms with Gasteiger partial charge in [0.15, 0.2) is 0 Å². The molecule has 1 aromatic rings. The highest BCUT2D eigenvalue weighted by Crippen LogP contribution is 2.23. The highest BCUT2D eigenvalue weighted by molar-refractivity contribution is 5.80. The summed E-state index contributed by atoms with van der Waals surface area (Å²) in [6, 6.07) is 9.40. The van der Waals surface area contributed by atoms with E-state index in [-0.39, 0.29) is 24.2 Å². The Hall–Kier alpha value is -1.88. The lowest BCUT2D eigenvalue weighted by Crippen LogP contribution is -2.35. The average Bonchev–Trinajstić information content (AvgIpc) is 2.63. The molecular formula is C19H28N2O3. The molecular weight excluding hydrogens is 304 g/mol. The molecule has 2 amide bonds. The average molecular weight is 332 g/mol. The van der Waals surface area contributed by atoms with Crippen LogP contribution in [0.2, 0.25) is 0 Å². The summed E-state index contributed by atoms with van der Waals surface area (Å²) >= 11 is 0. The van der Waals surface area contributed by atoms with Crippen molar-refractivity contribution < 1.29 is 14.7 Å². The number of amides is 2. The number of hydrogen-bond acceptors (Lipinski definition) is 3. The van der Waals surface area contributed by atoms with E-state index in [0.29, 0.717) is 19.5 Å². The topological polar surface area (TPSA) is 78.4 Å². The molecule has 24 heavy (non-hydrogen) atoms. The van der Waals surface area contributed by atoms with Gasteiger partial charge in [-0.2, -0.15) is 0 Å². The van der Waals surface area contributed by atoms with Crippen LogP contribution in [0.15, 0.2) is 30.3 Å². The molecule has 1 aromatic carbocycles. The summed E-state index contributed by atoms with van der Waals surface area (Å²) < 4.78 is 0. The van der Waals surface area contributed by atoms with Crippen LogP contribution in [-0.2, 0) is 9.59 Å². The number of nitrogens with one attached hydrogen (secondary N) is 2. The molecule has 1 aliphatic rings. The Balaban J connectivity index is 1.55. The number of benzene rings is 1. The molecule has 1 fully saturated rings. The second kappa shape index (κ2) is 10.1. The number of carbonyl (C=O) groups is 2. The van der Waals surface area contributed by atoms with Gasteiger partial charge in [0.25, 0.3) is 0 Å². The Morgan fingerprint density at radius 2 is 1.75 bits per heavy atom. The SMILES string of the molecule is O=C(CCNC(=O)C1CCCCC1)NCCC(O)c1ccccc1. The summed E-state index contributed by atoms with van der Waals surface area (Å²) in [5.41, 5.74) is 0.853. The molecule has 1 atom stereocenters. The van der Waals surface area contributed by atoms with Crippen molar-refractivity contribution in [1.82, 2.24) is 10.6 Å². The van der Waals surface area contributed by atoms with Gasteiger partial charge in [0.1, 0.15) is 0 Å². The van der Waals surface area contributed by atoms with Crippen LogP contribution in [0.5, 0.6) is 0 Å². The Labute approximate surface area is 143 Å². The molecule has 0 bridgehead atoms. The minimum Gasteiger partial charge on any atom is -0.388 e. The zero-order valence-electron chi connectivity index (χ0n) is 14.2. The first-order valence-electron chi connectivity index (χ1n) is 8.94. The monoisotopic (exact) mass is 332 g/mol. The predicted octanol–water partition coefficient (Wildman–Crippen LogP) is 2.31. The number of carbonyl (C=O) groups excluding carboxylic acids is 2. The molecule has 1 aliphatic carbocycles. The first-order chi connectivity index (χ1) is 11.7. The Morgan fingerprint density at radius 1 is 1.04 bits per heavy atom. The van der Waals surface area contributed by atoms with Gasteiger partial charge < -0.3 is 15.7 Å². The van der Waals surface area contributed by atoms with E-state index in [4.69, 9.17) is 0 Å². The lowest BCUT2D eigenvalue weighted by atomic mass is 9.89. The smallest absolute Gasteiger partial charge is 0.223 e. The van der Waals surface area contributed by atoms with Crippen LogP contribution in [0.25, 0.3) is 0 Å². The van der Waals surface area contributed by atoms with Crippen molar-refractivity contribution in [3.63, 3.8) is 0 Å². The van der Waals surface area contributed by atoms with Gasteiger partial charge in [0.2, 0.25) is 11.8 Å². The molecule has 0 aromatic heterocycles. The lowest BCUT2D eigenvalue weighted by molar-refractivity contribution is -0.126. The van der Waals surface area contributed by atoms with Gasteiger partial charge in [-0.15, -0.1) is 0 Å². The molecule has 1 saturated carbocycles. The van der Waals surface area contributed by atoms with Gasteiger partial charge >= 0.3 is 0 Å². The van der Waals surface area contributed by atoms with Gasteiger partial charge in [-0.3, -0.25) is 9.59 Å². The van der Waals surface area contributed by atoms with Crippen LogP contribution in [0.1, 0.15) is 56.6 Å². The molecule has 3 N–H and O–H groups in total. The third-order valence-electron chi connectivity index (χ3n) is 4.55. The van der Waals surface area contributed by atoms with Crippen molar-refractivity contribution in [2.24, 2.45) is 5.92 Å². The number of aliphatic hydroxyl groups excluding tert-OH is 1. The summed E-state index contributed by atoms with van der Waals surface area (Å²) in [5, 5.41) is 15.7. The highest BCUT2D eigenvalue weighted by Gasteiger charge is 2.20. The van der Waals surface area contributed by atoms with Crippen LogP contribution in [0.4, 0.5) is 0 Å². The minimum atomic E-state index is -0.572. The highest BCUT2D eigenvalue weighted by atomic mass is 16.3. The molecule has 0 spiro atoms. The zero-order chi connectivity index (χ0) is 17.2. The van der Waals surface area contributed by atoms with Crippen LogP contribution in [0.3, 0.4) is 0 Å². The molecule has 132 valence electrons. The van der Waals surface area contributed by atoms with Crippen LogP contribution in [-0.4, -0.2) is 30.0 Å². The Bertz CT molecular complexity index is 513. The Morgan fingerprint density at radius 3 is 2.46 bits per heavy atom. The fourth-order valence-corrected chi connectivity index (χ4v) is 3.09. The van der Waals surface area contributed by atoms with Gasteiger partial charge in [-0.25, -0.2) is 0 Å². The van der Waals surface area contributed by atoms with Crippen molar-refractivity contribution in [2.75, 3.05) is 13.1 Å². The number of hydrogen-bond donors (Lipinski definition) is 3. The van der Waals surface area contributed by atoms with E-state index in [2.05, 4.69) is 10.6 Å². The van der Waals surface area contributed by atoms with Crippen LogP contribution >= 0.6 is 0 Å². The normalized spacial score (nSPS) is 16.4. The summed E-state index contributed by atoms with van der Waals surface area (Å²) in [5.74, 6) is 0.115. The molecule has 2 rings (SSSR count). The van der Waals surface area contributed by atoms with Crippen molar-refractivity contribution in [3.05, 3.63) is 35.9 Å². The summed E-state index contributed by atoms with van der Waals surface area (Å²) in [6.07, 6.45) is 5.60. The van der Waals surface area contributed by atoms with Gasteiger partial charge in [-0.1, -0.05) is 49.6 Å². The van der Waals surface area contributed by atoms with Gasteiger partial charge in [-0.05, 0) is 24.8 Å². The standard InChI is InChI=1S/C19H28N2O3/c22-17(15-7-3-1-4-8-15)11-13-20-18(23)12-14-21-19(24)16-9-5-2-6-10-16/h1,3-4,7-8,16-17,22H,2,5-6,9-14H2,(H,20,23)(H,21,24). The predicted molar refractivity (Wildman–Crippen MR) is 93.2 cm³/mol. The molecule has 0 heterocycles. The van der Waals surface area contributed by atoms with Crippen molar-refractivity contribution in [1.29, 1.82) is 0 Å². The second-order valence-electron chi connectivity index (χ2n) is 6.44. The molecule has 0 radical (unpaired) electrons. The summed E-state index contributed by atoms with van der Waals surface area (Å²) in [4.78, 5) is 23.7. The van der Waals surface area contributed by atoms with E-state index < -0.39 is 6.10 Å². The van der Waals surface area contributed by atoms with Crippen molar-refractivity contribution in [3.8, 4) is 0 Å². The molecule has 0 aliphatic heterocycles. The number of aliphatic hydroxyl groups is 1. The summed E-state index contributed by atoms with van der Waals surface area (Å²) in [7, 11) is 0. The van der Waals surface area contributed by atoms with E-state index in [1.165, 1.54) is 6.42 Å². The maximum absolute atomic E-state index is 12.0. The van der Waals surface area contributed by atoms with E-state index in [1.54, 1.807) is 0 Å². The fourth-order valence-electron chi connectivity index (χ4n) is 3.09.